The van der Waals surface area contributed by atoms with Crippen molar-refractivity contribution in [3.63, 3.8) is 0 Å². The minimum Gasteiger partial charge on any atom is -0.451 e. The van der Waals surface area contributed by atoms with Crippen LogP contribution in [0.2, 0.25) is 5.02 Å². The van der Waals surface area contributed by atoms with Gasteiger partial charge < -0.3 is 14.6 Å². The SMILES string of the molecule is O=C1CCC(N2Cc3c(CNC(=O)c4ccc(-c5ccc(Cl)cc5)o4)cccc3C2=O)C(=O)N1. The summed E-state index contributed by atoms with van der Waals surface area (Å²) in [6, 6.07) is 15.0. The molecule has 0 bridgehead atoms. The molecule has 9 heteroatoms. The summed E-state index contributed by atoms with van der Waals surface area (Å²) in [6.07, 6.45) is 0.492. The highest BCUT2D eigenvalue weighted by Gasteiger charge is 2.39. The fraction of sp³-hybridized carbons (Fsp3) is 0.200. The van der Waals surface area contributed by atoms with E-state index in [1.165, 1.54) is 4.90 Å². The number of nitrogens with one attached hydrogen (secondary N) is 2. The second-order valence-electron chi connectivity index (χ2n) is 8.20. The van der Waals surface area contributed by atoms with Gasteiger partial charge in [-0.05, 0) is 60.0 Å². The average molecular weight is 478 g/mol. The van der Waals surface area contributed by atoms with Gasteiger partial charge in [0.15, 0.2) is 5.76 Å². The van der Waals surface area contributed by atoms with Crippen molar-refractivity contribution in [2.45, 2.75) is 32.0 Å². The first-order chi connectivity index (χ1) is 16.4. The maximum atomic E-state index is 12.9. The van der Waals surface area contributed by atoms with Gasteiger partial charge in [0.25, 0.3) is 11.8 Å². The van der Waals surface area contributed by atoms with E-state index in [-0.39, 0.29) is 43.0 Å². The number of piperidine rings is 1. The van der Waals surface area contributed by atoms with Gasteiger partial charge in [0, 0.05) is 35.7 Å². The Bertz CT molecular complexity index is 1310. The standard InChI is InChI=1S/C25H20ClN3O5/c26-16-6-4-14(5-7-16)20-9-10-21(34-20)24(32)27-12-15-2-1-3-17-18(15)13-29(25(17)33)19-8-11-22(30)28-23(19)31/h1-7,9-10,19H,8,11-13H2,(H,27,32)(H,28,30,31). The number of imide groups is 1. The molecule has 2 aliphatic heterocycles. The Kier molecular flexibility index (Phi) is 5.67. The van der Waals surface area contributed by atoms with Crippen molar-refractivity contribution in [1.29, 1.82) is 0 Å². The molecule has 3 aromatic rings. The minimum absolute atomic E-state index is 0.166. The van der Waals surface area contributed by atoms with E-state index in [9.17, 15) is 19.2 Å². The van der Waals surface area contributed by atoms with Crippen LogP contribution in [0.3, 0.4) is 0 Å². The van der Waals surface area contributed by atoms with Crippen molar-refractivity contribution in [1.82, 2.24) is 15.5 Å². The molecule has 1 aromatic heterocycles. The van der Waals surface area contributed by atoms with Crippen LogP contribution < -0.4 is 10.6 Å². The number of furan rings is 1. The van der Waals surface area contributed by atoms with E-state index in [0.717, 1.165) is 16.7 Å². The second-order valence-corrected chi connectivity index (χ2v) is 8.63. The Morgan fingerprint density at radius 3 is 2.65 bits per heavy atom. The molecule has 34 heavy (non-hydrogen) atoms. The summed E-state index contributed by atoms with van der Waals surface area (Å²) in [7, 11) is 0. The van der Waals surface area contributed by atoms with Crippen LogP contribution in [0.15, 0.2) is 59.0 Å². The topological polar surface area (TPSA) is 109 Å². The van der Waals surface area contributed by atoms with Crippen LogP contribution in [-0.2, 0) is 22.7 Å². The molecule has 8 nitrogen and oxygen atoms in total. The third-order valence-corrected chi connectivity index (χ3v) is 6.33. The highest BCUT2D eigenvalue weighted by molar-refractivity contribution is 6.30. The van der Waals surface area contributed by atoms with Crippen LogP contribution in [0.4, 0.5) is 0 Å². The molecule has 0 spiro atoms. The van der Waals surface area contributed by atoms with E-state index < -0.39 is 11.9 Å². The second kappa shape index (κ2) is 8.79. The van der Waals surface area contributed by atoms with Gasteiger partial charge >= 0.3 is 0 Å². The summed E-state index contributed by atoms with van der Waals surface area (Å²) in [5, 5.41) is 5.74. The number of carbonyl (C=O) groups excluding carboxylic acids is 4. The monoisotopic (exact) mass is 477 g/mol. The molecule has 2 N–H and O–H groups in total. The number of hydrogen-bond donors (Lipinski definition) is 2. The van der Waals surface area contributed by atoms with E-state index in [2.05, 4.69) is 10.6 Å². The van der Waals surface area contributed by atoms with Crippen molar-refractivity contribution in [2.24, 2.45) is 0 Å². The Morgan fingerprint density at radius 2 is 1.88 bits per heavy atom. The van der Waals surface area contributed by atoms with Crippen LogP contribution in [0.25, 0.3) is 11.3 Å². The first-order valence-electron chi connectivity index (χ1n) is 10.8. The smallest absolute Gasteiger partial charge is 0.287 e. The molecule has 0 radical (unpaired) electrons. The van der Waals surface area contributed by atoms with Crippen LogP contribution in [0, 0.1) is 0 Å². The third kappa shape index (κ3) is 4.08. The predicted molar refractivity (Wildman–Crippen MR) is 123 cm³/mol. The molecule has 3 heterocycles. The lowest BCUT2D eigenvalue weighted by molar-refractivity contribution is -0.136. The molecule has 1 fully saturated rings. The van der Waals surface area contributed by atoms with Gasteiger partial charge in [-0.1, -0.05) is 23.7 Å². The first-order valence-corrected chi connectivity index (χ1v) is 11.2. The molecule has 1 unspecified atom stereocenters. The summed E-state index contributed by atoms with van der Waals surface area (Å²) >= 11 is 5.92. The molecule has 2 aromatic carbocycles. The third-order valence-electron chi connectivity index (χ3n) is 6.08. The number of carbonyl (C=O) groups is 4. The van der Waals surface area contributed by atoms with Crippen LogP contribution in [0.5, 0.6) is 0 Å². The van der Waals surface area contributed by atoms with E-state index in [1.807, 2.05) is 6.07 Å². The summed E-state index contributed by atoms with van der Waals surface area (Å²) in [5.41, 5.74) is 2.84. The quantitative estimate of drug-likeness (QED) is 0.548. The van der Waals surface area contributed by atoms with Crippen molar-refractivity contribution in [3.8, 4) is 11.3 Å². The van der Waals surface area contributed by atoms with Crippen molar-refractivity contribution < 1.29 is 23.6 Å². The maximum Gasteiger partial charge on any atom is 0.287 e. The molecule has 4 amide bonds. The first kappa shape index (κ1) is 21.9. The van der Waals surface area contributed by atoms with Gasteiger partial charge in [-0.15, -0.1) is 0 Å². The largest absolute Gasteiger partial charge is 0.451 e. The van der Waals surface area contributed by atoms with Gasteiger partial charge in [0.2, 0.25) is 11.8 Å². The van der Waals surface area contributed by atoms with Gasteiger partial charge in [-0.25, -0.2) is 0 Å². The predicted octanol–water partition coefficient (Wildman–Crippen LogP) is 3.29. The molecule has 172 valence electrons. The zero-order valence-corrected chi connectivity index (χ0v) is 18.7. The highest BCUT2D eigenvalue weighted by atomic mass is 35.5. The van der Waals surface area contributed by atoms with E-state index in [0.29, 0.717) is 22.8 Å². The van der Waals surface area contributed by atoms with Crippen molar-refractivity contribution in [3.05, 3.63) is 82.1 Å². The summed E-state index contributed by atoms with van der Waals surface area (Å²) < 4.78 is 5.70. The van der Waals surface area contributed by atoms with Crippen LogP contribution >= 0.6 is 11.6 Å². The van der Waals surface area contributed by atoms with Crippen LogP contribution in [-0.4, -0.2) is 34.6 Å². The summed E-state index contributed by atoms with van der Waals surface area (Å²) in [5.74, 6) is -0.709. The number of fused-ring (bicyclic) bond motifs is 1. The Labute approximate surface area is 199 Å². The van der Waals surface area contributed by atoms with Crippen molar-refractivity contribution >= 4 is 35.2 Å². The number of halogens is 1. The normalized spacial score (nSPS) is 17.5. The Balaban J connectivity index is 1.28. The molecule has 0 saturated carbocycles. The Morgan fingerprint density at radius 1 is 1.09 bits per heavy atom. The average Bonchev–Trinajstić information content (AvgIpc) is 3.44. The molecular formula is C25H20ClN3O5. The van der Waals surface area contributed by atoms with Gasteiger partial charge in [-0.3, -0.25) is 24.5 Å². The van der Waals surface area contributed by atoms with E-state index in [1.54, 1.807) is 48.5 Å². The number of rotatable bonds is 5. The minimum atomic E-state index is -0.686. The highest BCUT2D eigenvalue weighted by Crippen LogP contribution is 2.30. The van der Waals surface area contributed by atoms with E-state index in [4.69, 9.17) is 16.0 Å². The zero-order valence-electron chi connectivity index (χ0n) is 18.0. The van der Waals surface area contributed by atoms with Gasteiger partial charge in [0.1, 0.15) is 11.8 Å². The molecule has 5 rings (SSSR count). The molecule has 2 aliphatic rings. The molecular weight excluding hydrogens is 458 g/mol. The number of benzene rings is 2. The fourth-order valence-electron chi connectivity index (χ4n) is 4.31. The number of amides is 4. The van der Waals surface area contributed by atoms with Gasteiger partial charge in [-0.2, -0.15) is 0 Å². The zero-order chi connectivity index (χ0) is 23.8. The van der Waals surface area contributed by atoms with Gasteiger partial charge in [0.05, 0.1) is 0 Å². The lowest BCUT2D eigenvalue weighted by Crippen LogP contribution is -2.52. The summed E-state index contributed by atoms with van der Waals surface area (Å²) in [6.45, 7) is 0.434. The van der Waals surface area contributed by atoms with Crippen molar-refractivity contribution in [2.75, 3.05) is 0 Å². The molecule has 1 atom stereocenters. The number of nitrogens with zero attached hydrogens (tertiary/aromatic N) is 1. The maximum absolute atomic E-state index is 12.9. The lowest BCUT2D eigenvalue weighted by Gasteiger charge is -2.29. The number of hydrogen-bond acceptors (Lipinski definition) is 5. The fourth-order valence-corrected chi connectivity index (χ4v) is 4.43. The van der Waals surface area contributed by atoms with E-state index >= 15 is 0 Å². The Hall–Kier alpha value is -3.91. The lowest BCUT2D eigenvalue weighted by atomic mass is 10.0. The molecule has 1 saturated heterocycles. The van der Waals surface area contributed by atoms with Crippen LogP contribution in [0.1, 0.15) is 44.9 Å². The summed E-state index contributed by atoms with van der Waals surface area (Å²) in [4.78, 5) is 50.8. The molecule has 0 aliphatic carbocycles.